The Morgan fingerprint density at radius 2 is 2.27 bits per heavy atom. The van der Waals surface area contributed by atoms with Crippen LogP contribution in [0.5, 0.6) is 0 Å². The average molecular weight is 212 g/mol. The molecular formula is C11H20N2O2. The number of nitrogens with one attached hydrogen (secondary N) is 1. The number of rotatable bonds is 4. The van der Waals surface area contributed by atoms with Gasteiger partial charge in [0, 0.05) is 24.5 Å². The number of aliphatic hydroxyl groups is 1. The van der Waals surface area contributed by atoms with E-state index in [1.807, 2.05) is 0 Å². The van der Waals surface area contributed by atoms with Crippen molar-refractivity contribution in [1.29, 1.82) is 0 Å². The third kappa shape index (κ3) is 2.49. The number of nitrogens with zero attached hydrogens (tertiary/aromatic N) is 1. The van der Waals surface area contributed by atoms with Crippen molar-refractivity contribution in [1.82, 2.24) is 10.2 Å². The molecule has 0 bridgehead atoms. The molecule has 1 saturated heterocycles. The van der Waals surface area contributed by atoms with Gasteiger partial charge in [-0.1, -0.05) is 6.92 Å². The van der Waals surface area contributed by atoms with Crippen LogP contribution in [0.1, 0.15) is 26.2 Å². The normalized spacial score (nSPS) is 31.9. The monoisotopic (exact) mass is 212 g/mol. The predicted octanol–water partition coefficient (Wildman–Crippen LogP) is -0.0323. The number of hydrogen-bond donors (Lipinski definition) is 2. The van der Waals surface area contributed by atoms with Gasteiger partial charge in [0.2, 0.25) is 5.91 Å². The van der Waals surface area contributed by atoms with Crippen molar-refractivity contribution in [2.75, 3.05) is 19.7 Å². The summed E-state index contributed by atoms with van der Waals surface area (Å²) in [5.74, 6) is 0.503. The van der Waals surface area contributed by atoms with Crippen LogP contribution in [0, 0.1) is 5.92 Å². The Bertz CT molecular complexity index is 229. The van der Waals surface area contributed by atoms with Crippen LogP contribution in [0.2, 0.25) is 0 Å². The molecule has 2 aliphatic rings. The summed E-state index contributed by atoms with van der Waals surface area (Å²) >= 11 is 0. The molecule has 4 heteroatoms. The minimum Gasteiger partial charge on any atom is -0.395 e. The molecule has 0 spiro atoms. The number of hydrogen-bond acceptors (Lipinski definition) is 3. The summed E-state index contributed by atoms with van der Waals surface area (Å²) < 4.78 is 0. The van der Waals surface area contributed by atoms with Gasteiger partial charge in [0.1, 0.15) is 0 Å². The minimum atomic E-state index is 0.198. The van der Waals surface area contributed by atoms with Crippen LogP contribution in [0.25, 0.3) is 0 Å². The third-order valence-corrected chi connectivity index (χ3v) is 3.44. The van der Waals surface area contributed by atoms with E-state index >= 15 is 0 Å². The van der Waals surface area contributed by atoms with Gasteiger partial charge < -0.3 is 10.4 Å². The predicted molar refractivity (Wildman–Crippen MR) is 57.4 cm³/mol. The Kier molecular flexibility index (Phi) is 3.26. The number of amides is 1. The molecule has 2 fully saturated rings. The second-order valence-electron chi connectivity index (χ2n) is 4.64. The first kappa shape index (κ1) is 10.9. The topological polar surface area (TPSA) is 52.6 Å². The lowest BCUT2D eigenvalue weighted by molar-refractivity contribution is -0.122. The fraction of sp³-hybridized carbons (Fsp3) is 0.909. The first-order chi connectivity index (χ1) is 7.24. The van der Waals surface area contributed by atoms with Gasteiger partial charge in [-0.25, -0.2) is 0 Å². The number of likely N-dealkylation sites (tertiary alicyclic amines) is 1. The number of aliphatic hydroxyl groups excluding tert-OH is 1. The van der Waals surface area contributed by atoms with Gasteiger partial charge >= 0.3 is 0 Å². The van der Waals surface area contributed by atoms with E-state index in [1.54, 1.807) is 0 Å². The van der Waals surface area contributed by atoms with Crippen LogP contribution < -0.4 is 5.32 Å². The zero-order valence-corrected chi connectivity index (χ0v) is 9.28. The zero-order valence-electron chi connectivity index (χ0n) is 9.28. The lowest BCUT2D eigenvalue weighted by Gasteiger charge is -2.19. The SMILES string of the molecule is CCN1CC(NC(=O)C2CC2)CC1CO. The van der Waals surface area contributed by atoms with Crippen LogP contribution in [0.3, 0.4) is 0 Å². The summed E-state index contributed by atoms with van der Waals surface area (Å²) in [4.78, 5) is 13.8. The highest BCUT2D eigenvalue weighted by Gasteiger charge is 2.35. The van der Waals surface area contributed by atoms with Crippen LogP contribution in [-0.4, -0.2) is 47.7 Å². The van der Waals surface area contributed by atoms with Crippen molar-refractivity contribution in [2.45, 2.75) is 38.3 Å². The first-order valence-electron chi connectivity index (χ1n) is 5.89. The van der Waals surface area contributed by atoms with Crippen LogP contribution in [-0.2, 0) is 4.79 Å². The maximum absolute atomic E-state index is 11.6. The standard InChI is InChI=1S/C11H20N2O2/c1-2-13-6-9(5-10(13)7-14)12-11(15)8-3-4-8/h8-10,14H,2-7H2,1H3,(H,12,15). The first-order valence-corrected chi connectivity index (χ1v) is 5.89. The molecule has 0 aromatic heterocycles. The van der Waals surface area contributed by atoms with Crippen LogP contribution >= 0.6 is 0 Å². The summed E-state index contributed by atoms with van der Waals surface area (Å²) in [6.07, 6.45) is 3.00. The number of carbonyl (C=O) groups excluding carboxylic acids is 1. The molecule has 1 aliphatic heterocycles. The van der Waals surface area contributed by atoms with E-state index in [4.69, 9.17) is 0 Å². The van der Waals surface area contributed by atoms with Gasteiger partial charge in [-0.3, -0.25) is 9.69 Å². The fourth-order valence-electron chi connectivity index (χ4n) is 2.33. The van der Waals surface area contributed by atoms with Crippen molar-refractivity contribution in [2.24, 2.45) is 5.92 Å². The molecule has 86 valence electrons. The lowest BCUT2D eigenvalue weighted by atomic mass is 10.2. The molecule has 0 radical (unpaired) electrons. The summed E-state index contributed by atoms with van der Waals surface area (Å²) in [7, 11) is 0. The summed E-state index contributed by atoms with van der Waals surface area (Å²) in [5, 5.41) is 12.3. The molecule has 2 N–H and O–H groups in total. The molecule has 15 heavy (non-hydrogen) atoms. The van der Waals surface area contributed by atoms with Gasteiger partial charge in [-0.05, 0) is 25.8 Å². The molecule has 0 aromatic rings. The largest absolute Gasteiger partial charge is 0.395 e. The highest BCUT2D eigenvalue weighted by molar-refractivity contribution is 5.81. The molecule has 1 aliphatic carbocycles. The Balaban J connectivity index is 1.81. The van der Waals surface area contributed by atoms with Gasteiger partial charge in [0.25, 0.3) is 0 Å². The van der Waals surface area contributed by atoms with Gasteiger partial charge in [-0.2, -0.15) is 0 Å². The maximum atomic E-state index is 11.6. The smallest absolute Gasteiger partial charge is 0.223 e. The highest BCUT2D eigenvalue weighted by Crippen LogP contribution is 2.29. The quantitative estimate of drug-likeness (QED) is 0.688. The van der Waals surface area contributed by atoms with Crippen LogP contribution in [0.15, 0.2) is 0 Å². The summed E-state index contributed by atoms with van der Waals surface area (Å²) in [6.45, 7) is 4.12. The highest BCUT2D eigenvalue weighted by atomic mass is 16.3. The fourth-order valence-corrected chi connectivity index (χ4v) is 2.33. The van der Waals surface area contributed by atoms with Gasteiger partial charge in [0.05, 0.1) is 6.61 Å². The van der Waals surface area contributed by atoms with E-state index in [2.05, 4.69) is 17.1 Å². The van der Waals surface area contributed by atoms with Crippen molar-refractivity contribution >= 4 is 5.91 Å². The zero-order chi connectivity index (χ0) is 10.8. The molecule has 1 saturated carbocycles. The van der Waals surface area contributed by atoms with Crippen LogP contribution in [0.4, 0.5) is 0 Å². The maximum Gasteiger partial charge on any atom is 0.223 e. The van der Waals surface area contributed by atoms with E-state index in [0.29, 0.717) is 0 Å². The van der Waals surface area contributed by atoms with Crippen molar-refractivity contribution in [3.05, 3.63) is 0 Å². The van der Waals surface area contributed by atoms with E-state index in [9.17, 15) is 9.90 Å². The molecular weight excluding hydrogens is 192 g/mol. The third-order valence-electron chi connectivity index (χ3n) is 3.44. The van der Waals surface area contributed by atoms with E-state index in [1.165, 1.54) is 0 Å². The molecule has 4 nitrogen and oxygen atoms in total. The summed E-state index contributed by atoms with van der Waals surface area (Å²) in [5.41, 5.74) is 0. The minimum absolute atomic E-state index is 0.198. The second-order valence-corrected chi connectivity index (χ2v) is 4.64. The van der Waals surface area contributed by atoms with E-state index < -0.39 is 0 Å². The van der Waals surface area contributed by atoms with Gasteiger partial charge in [-0.15, -0.1) is 0 Å². The molecule has 2 rings (SSSR count). The Morgan fingerprint density at radius 3 is 2.73 bits per heavy atom. The molecule has 0 aromatic carbocycles. The molecule has 2 unspecified atom stereocenters. The van der Waals surface area contributed by atoms with Crippen molar-refractivity contribution in [3.63, 3.8) is 0 Å². The number of likely N-dealkylation sites (N-methyl/N-ethyl adjacent to an activating group) is 1. The Hall–Kier alpha value is -0.610. The second kappa shape index (κ2) is 4.49. The Morgan fingerprint density at radius 1 is 1.53 bits per heavy atom. The molecule has 2 atom stereocenters. The molecule has 1 heterocycles. The molecule has 1 amide bonds. The van der Waals surface area contributed by atoms with Crippen molar-refractivity contribution < 1.29 is 9.90 Å². The van der Waals surface area contributed by atoms with E-state index in [-0.39, 0.29) is 30.5 Å². The lowest BCUT2D eigenvalue weighted by Crippen LogP contribution is -2.38. The van der Waals surface area contributed by atoms with Gasteiger partial charge in [0.15, 0.2) is 0 Å². The number of carbonyl (C=O) groups is 1. The van der Waals surface area contributed by atoms with Crippen molar-refractivity contribution in [3.8, 4) is 0 Å². The summed E-state index contributed by atoms with van der Waals surface area (Å²) in [6, 6.07) is 0.481. The Labute approximate surface area is 90.6 Å². The van der Waals surface area contributed by atoms with E-state index in [0.717, 1.165) is 32.4 Å². The average Bonchev–Trinajstić information content (AvgIpc) is 3.01.